The molecule has 0 amide bonds. The Morgan fingerprint density at radius 1 is 1.38 bits per heavy atom. The zero-order valence-electron chi connectivity index (χ0n) is 10.1. The number of likely N-dealkylation sites (N-methyl/N-ethyl adjacent to an activating group) is 1. The number of rotatable bonds is 5. The average Bonchev–Trinajstić information content (AvgIpc) is 2.31. The molecule has 0 bridgehead atoms. The Morgan fingerprint density at radius 2 is 2.00 bits per heavy atom. The predicted octanol–water partition coefficient (Wildman–Crippen LogP) is 2.22. The fourth-order valence-corrected chi connectivity index (χ4v) is 1.74. The third kappa shape index (κ3) is 3.06. The number of ether oxygens (including phenoxy) is 1. The van der Waals surface area contributed by atoms with Gasteiger partial charge in [-0.15, -0.1) is 0 Å². The van der Waals surface area contributed by atoms with Gasteiger partial charge in [-0.25, -0.2) is 0 Å². The summed E-state index contributed by atoms with van der Waals surface area (Å²) in [7, 11) is 3.64. The van der Waals surface area contributed by atoms with Crippen LogP contribution in [0.15, 0.2) is 30.3 Å². The fourth-order valence-electron chi connectivity index (χ4n) is 1.74. The van der Waals surface area contributed by atoms with Gasteiger partial charge in [0.1, 0.15) is 0 Å². The molecule has 3 heteroatoms. The van der Waals surface area contributed by atoms with Crippen molar-refractivity contribution in [3.05, 3.63) is 35.9 Å². The highest BCUT2D eigenvalue weighted by Crippen LogP contribution is 2.23. The van der Waals surface area contributed by atoms with E-state index in [2.05, 4.69) is 13.0 Å². The van der Waals surface area contributed by atoms with E-state index in [4.69, 9.17) is 10.00 Å². The maximum absolute atomic E-state index is 8.68. The van der Waals surface area contributed by atoms with E-state index < -0.39 is 0 Å². The third-order valence-corrected chi connectivity index (χ3v) is 2.84. The lowest BCUT2D eigenvalue weighted by Crippen LogP contribution is -2.35. The Balaban J connectivity index is 2.79. The SMILES string of the molecule is CO[C@H](c1ccccc1)[C@H](C)N(C)CC#N. The molecule has 0 fully saturated rings. The van der Waals surface area contributed by atoms with Crippen LogP contribution in [0.5, 0.6) is 0 Å². The van der Waals surface area contributed by atoms with Gasteiger partial charge in [-0.3, -0.25) is 4.90 Å². The van der Waals surface area contributed by atoms with Gasteiger partial charge in [0.15, 0.2) is 0 Å². The number of benzene rings is 1. The van der Waals surface area contributed by atoms with Crippen molar-refractivity contribution in [1.82, 2.24) is 4.90 Å². The van der Waals surface area contributed by atoms with Crippen LogP contribution in [0.3, 0.4) is 0 Å². The molecule has 0 saturated carbocycles. The molecule has 1 aromatic carbocycles. The van der Waals surface area contributed by atoms with Gasteiger partial charge < -0.3 is 4.74 Å². The number of nitrogens with zero attached hydrogens (tertiary/aromatic N) is 2. The quantitative estimate of drug-likeness (QED) is 0.711. The average molecular weight is 218 g/mol. The van der Waals surface area contributed by atoms with Crippen LogP contribution in [-0.4, -0.2) is 31.6 Å². The van der Waals surface area contributed by atoms with Gasteiger partial charge in [-0.2, -0.15) is 5.26 Å². The third-order valence-electron chi connectivity index (χ3n) is 2.84. The minimum absolute atomic E-state index is 0.000417. The van der Waals surface area contributed by atoms with Crippen molar-refractivity contribution in [2.75, 3.05) is 20.7 Å². The van der Waals surface area contributed by atoms with Gasteiger partial charge in [0.25, 0.3) is 0 Å². The maximum atomic E-state index is 8.68. The first-order valence-electron chi connectivity index (χ1n) is 5.35. The van der Waals surface area contributed by atoms with E-state index in [1.807, 2.05) is 42.3 Å². The molecule has 0 radical (unpaired) electrons. The minimum atomic E-state index is -0.000417. The van der Waals surface area contributed by atoms with E-state index >= 15 is 0 Å². The van der Waals surface area contributed by atoms with Crippen molar-refractivity contribution in [3.63, 3.8) is 0 Å². The van der Waals surface area contributed by atoms with Crippen LogP contribution >= 0.6 is 0 Å². The van der Waals surface area contributed by atoms with E-state index in [1.165, 1.54) is 0 Å². The first kappa shape index (κ1) is 12.7. The molecule has 86 valence electrons. The van der Waals surface area contributed by atoms with E-state index in [-0.39, 0.29) is 12.1 Å². The number of nitriles is 1. The molecule has 1 aromatic rings. The smallest absolute Gasteiger partial charge is 0.0973 e. The van der Waals surface area contributed by atoms with E-state index in [9.17, 15) is 0 Å². The second-order valence-electron chi connectivity index (χ2n) is 3.88. The van der Waals surface area contributed by atoms with Crippen molar-refractivity contribution in [2.45, 2.75) is 19.1 Å². The second kappa shape index (κ2) is 6.26. The largest absolute Gasteiger partial charge is 0.375 e. The molecule has 0 heterocycles. The normalized spacial score (nSPS) is 14.4. The molecule has 0 aliphatic heterocycles. The first-order valence-corrected chi connectivity index (χ1v) is 5.35. The van der Waals surface area contributed by atoms with Crippen molar-refractivity contribution < 1.29 is 4.74 Å². The zero-order valence-corrected chi connectivity index (χ0v) is 10.1. The monoisotopic (exact) mass is 218 g/mol. The maximum Gasteiger partial charge on any atom is 0.0973 e. The van der Waals surface area contributed by atoms with Crippen LogP contribution in [0.2, 0.25) is 0 Å². The van der Waals surface area contributed by atoms with E-state index in [1.54, 1.807) is 7.11 Å². The number of hydrogen-bond acceptors (Lipinski definition) is 3. The molecule has 2 atom stereocenters. The van der Waals surface area contributed by atoms with Crippen molar-refractivity contribution in [1.29, 1.82) is 5.26 Å². The summed E-state index contributed by atoms with van der Waals surface area (Å²) in [6.07, 6.45) is -0.000417. The molecule has 0 unspecified atom stereocenters. The molecule has 0 saturated heterocycles. The van der Waals surface area contributed by atoms with Gasteiger partial charge in [-0.1, -0.05) is 30.3 Å². The lowest BCUT2D eigenvalue weighted by molar-refractivity contribution is 0.0345. The highest BCUT2D eigenvalue weighted by Gasteiger charge is 2.21. The van der Waals surface area contributed by atoms with Crippen LogP contribution in [0, 0.1) is 11.3 Å². The van der Waals surface area contributed by atoms with E-state index in [0.717, 1.165) is 5.56 Å². The topological polar surface area (TPSA) is 36.3 Å². The molecule has 0 N–H and O–H groups in total. The predicted molar refractivity (Wildman–Crippen MR) is 63.9 cm³/mol. The summed E-state index contributed by atoms with van der Waals surface area (Å²) in [5.74, 6) is 0. The Labute approximate surface area is 97.3 Å². The highest BCUT2D eigenvalue weighted by molar-refractivity contribution is 5.19. The second-order valence-corrected chi connectivity index (χ2v) is 3.88. The Morgan fingerprint density at radius 3 is 2.50 bits per heavy atom. The van der Waals surface area contributed by atoms with Crippen molar-refractivity contribution in [2.24, 2.45) is 0 Å². The molecule has 0 aliphatic carbocycles. The summed E-state index contributed by atoms with van der Waals surface area (Å²) in [5, 5.41) is 8.68. The van der Waals surface area contributed by atoms with Crippen LogP contribution in [0.4, 0.5) is 0 Å². The molecule has 16 heavy (non-hydrogen) atoms. The summed E-state index contributed by atoms with van der Waals surface area (Å²) < 4.78 is 5.51. The number of hydrogen-bond donors (Lipinski definition) is 0. The van der Waals surface area contributed by atoms with Crippen LogP contribution in [-0.2, 0) is 4.74 Å². The highest BCUT2D eigenvalue weighted by atomic mass is 16.5. The molecular weight excluding hydrogens is 200 g/mol. The van der Waals surface area contributed by atoms with Gasteiger partial charge in [-0.05, 0) is 19.5 Å². The molecule has 0 aromatic heterocycles. The Kier molecular flexibility index (Phi) is 4.97. The minimum Gasteiger partial charge on any atom is -0.375 e. The van der Waals surface area contributed by atoms with Crippen molar-refractivity contribution in [3.8, 4) is 6.07 Å². The summed E-state index contributed by atoms with van der Waals surface area (Å²) in [6.45, 7) is 2.48. The summed E-state index contributed by atoms with van der Waals surface area (Å²) in [5.41, 5.74) is 1.14. The molecule has 3 nitrogen and oxygen atoms in total. The summed E-state index contributed by atoms with van der Waals surface area (Å²) in [4.78, 5) is 1.99. The van der Waals surface area contributed by atoms with Crippen molar-refractivity contribution >= 4 is 0 Å². The lowest BCUT2D eigenvalue weighted by Gasteiger charge is -2.29. The first-order chi connectivity index (χ1) is 7.70. The van der Waals surface area contributed by atoms with Crippen LogP contribution in [0.25, 0.3) is 0 Å². The van der Waals surface area contributed by atoms with Gasteiger partial charge >= 0.3 is 0 Å². The number of methoxy groups -OCH3 is 1. The van der Waals surface area contributed by atoms with Gasteiger partial charge in [0.05, 0.1) is 18.7 Å². The summed E-state index contributed by atoms with van der Waals surface area (Å²) in [6, 6.07) is 12.4. The van der Waals surface area contributed by atoms with Crippen LogP contribution in [0.1, 0.15) is 18.6 Å². The lowest BCUT2D eigenvalue weighted by atomic mass is 10.0. The Hall–Kier alpha value is -1.37. The molecular formula is C13H18N2O. The van der Waals surface area contributed by atoms with Gasteiger partial charge in [0.2, 0.25) is 0 Å². The van der Waals surface area contributed by atoms with Gasteiger partial charge in [0, 0.05) is 13.2 Å². The Bertz CT molecular complexity index is 345. The van der Waals surface area contributed by atoms with E-state index in [0.29, 0.717) is 6.54 Å². The molecule has 1 rings (SSSR count). The summed E-state index contributed by atoms with van der Waals surface area (Å²) >= 11 is 0. The standard InChI is InChI=1S/C13H18N2O/c1-11(15(2)10-9-14)13(16-3)12-7-5-4-6-8-12/h4-8,11,13H,10H2,1-3H3/t11-,13-/m0/s1. The fraction of sp³-hybridized carbons (Fsp3) is 0.462. The van der Waals surface area contributed by atoms with Crippen LogP contribution < -0.4 is 0 Å². The molecule has 0 spiro atoms. The zero-order chi connectivity index (χ0) is 12.0. The molecule has 0 aliphatic rings.